The Hall–Kier alpha value is -0.730. The van der Waals surface area contributed by atoms with Crippen LogP contribution < -0.4 is 15.8 Å². The molecule has 0 bridgehead atoms. The topological polar surface area (TPSA) is 101 Å². The quantitative estimate of drug-likeness (QED) is 0.527. The van der Waals surface area contributed by atoms with E-state index in [-0.39, 0.29) is 23.5 Å². The molecule has 1 amide bonds. The summed E-state index contributed by atoms with van der Waals surface area (Å²) in [7, 11) is -3.65. The second-order valence-corrected chi connectivity index (χ2v) is 6.31. The van der Waals surface area contributed by atoms with Crippen LogP contribution in [-0.4, -0.2) is 37.2 Å². The zero-order chi connectivity index (χ0) is 12.3. The minimum absolute atomic E-state index is 0.116. The van der Waals surface area contributed by atoms with Gasteiger partial charge in [0.25, 0.3) is 0 Å². The van der Waals surface area contributed by atoms with Crippen LogP contribution in [0.3, 0.4) is 0 Å². The molecule has 0 spiro atoms. The molecule has 16 heavy (non-hydrogen) atoms. The molecular weight excluding hydrogens is 250 g/mol. The molecule has 1 rings (SSSR count). The zero-order valence-electron chi connectivity index (χ0n) is 8.89. The van der Waals surface area contributed by atoms with Crippen molar-refractivity contribution in [2.45, 2.75) is 31.1 Å². The molecule has 1 aliphatic rings. The summed E-state index contributed by atoms with van der Waals surface area (Å²) < 4.78 is 25.2. The van der Waals surface area contributed by atoms with E-state index in [4.69, 9.17) is 5.73 Å². The molecule has 6 nitrogen and oxygen atoms in total. The highest BCUT2D eigenvalue weighted by molar-refractivity contribution is 7.93. The number of nitrogens with one attached hydrogen (secondary N) is 2. The first-order valence-corrected chi connectivity index (χ1v) is 6.85. The monoisotopic (exact) mass is 265 g/mol. The molecule has 8 heteroatoms. The molecule has 92 valence electrons. The first-order chi connectivity index (χ1) is 7.33. The standard InChI is InChI=1S/C8H15N3O3S2/c1-5(8(9)15)16(13,14)10-4-7(12)11-6-2-3-6/h5-6,10H,2-4H2,1H3,(H2,9,15)(H,11,12). The molecule has 0 radical (unpaired) electrons. The fourth-order valence-corrected chi connectivity index (χ4v) is 2.22. The van der Waals surface area contributed by atoms with Crippen molar-refractivity contribution in [1.82, 2.24) is 10.0 Å². The zero-order valence-corrected chi connectivity index (χ0v) is 10.5. The van der Waals surface area contributed by atoms with Gasteiger partial charge < -0.3 is 11.1 Å². The summed E-state index contributed by atoms with van der Waals surface area (Å²) in [6.07, 6.45) is 1.92. The molecule has 0 aliphatic heterocycles. The van der Waals surface area contributed by atoms with Gasteiger partial charge in [-0.3, -0.25) is 4.79 Å². The predicted octanol–water partition coefficient (Wildman–Crippen LogP) is -1.14. The maximum atomic E-state index is 11.5. The van der Waals surface area contributed by atoms with Crippen molar-refractivity contribution >= 4 is 33.1 Å². The van der Waals surface area contributed by atoms with E-state index in [0.717, 1.165) is 12.8 Å². The number of carbonyl (C=O) groups excluding carboxylic acids is 1. The first-order valence-electron chi connectivity index (χ1n) is 4.90. The lowest BCUT2D eigenvalue weighted by Crippen LogP contribution is -2.44. The molecule has 1 unspecified atom stereocenters. The van der Waals surface area contributed by atoms with Gasteiger partial charge in [-0.1, -0.05) is 12.2 Å². The van der Waals surface area contributed by atoms with Crippen molar-refractivity contribution in [2.75, 3.05) is 6.54 Å². The number of hydrogen-bond acceptors (Lipinski definition) is 4. The van der Waals surface area contributed by atoms with Crippen LogP contribution in [-0.2, 0) is 14.8 Å². The predicted molar refractivity (Wildman–Crippen MR) is 64.3 cm³/mol. The smallest absolute Gasteiger partial charge is 0.235 e. The van der Waals surface area contributed by atoms with Crippen LogP contribution in [0.2, 0.25) is 0 Å². The van der Waals surface area contributed by atoms with Crippen molar-refractivity contribution in [3.8, 4) is 0 Å². The average molecular weight is 265 g/mol. The fraction of sp³-hybridized carbons (Fsp3) is 0.750. The van der Waals surface area contributed by atoms with Gasteiger partial charge in [-0.05, 0) is 19.8 Å². The summed E-state index contributed by atoms with van der Waals surface area (Å²) in [6.45, 7) is 1.11. The van der Waals surface area contributed by atoms with Crippen LogP contribution in [0.1, 0.15) is 19.8 Å². The van der Waals surface area contributed by atoms with Crippen LogP contribution in [0.4, 0.5) is 0 Å². The van der Waals surface area contributed by atoms with Gasteiger partial charge >= 0.3 is 0 Å². The summed E-state index contributed by atoms with van der Waals surface area (Å²) >= 11 is 4.58. The highest BCUT2D eigenvalue weighted by Gasteiger charge is 2.26. The van der Waals surface area contributed by atoms with Gasteiger partial charge in [0.05, 0.1) is 11.5 Å². The molecule has 0 saturated heterocycles. The van der Waals surface area contributed by atoms with Crippen LogP contribution >= 0.6 is 12.2 Å². The van der Waals surface area contributed by atoms with Crippen LogP contribution in [0.25, 0.3) is 0 Å². The van der Waals surface area contributed by atoms with Gasteiger partial charge in [0.2, 0.25) is 15.9 Å². The van der Waals surface area contributed by atoms with E-state index in [0.29, 0.717) is 0 Å². The van der Waals surface area contributed by atoms with E-state index in [2.05, 4.69) is 22.3 Å². The lowest BCUT2D eigenvalue weighted by molar-refractivity contribution is -0.120. The first kappa shape index (κ1) is 13.3. The molecule has 0 aromatic carbocycles. The third-order valence-electron chi connectivity index (χ3n) is 2.24. The summed E-state index contributed by atoms with van der Waals surface area (Å²) in [5.41, 5.74) is 5.23. The second-order valence-electron chi connectivity index (χ2n) is 3.75. The largest absolute Gasteiger partial charge is 0.392 e. The highest BCUT2D eigenvalue weighted by atomic mass is 32.2. The molecule has 1 saturated carbocycles. The number of hydrogen-bond donors (Lipinski definition) is 3. The number of carbonyl (C=O) groups is 1. The Labute approximate surface area is 100 Å². The number of sulfonamides is 1. The third kappa shape index (κ3) is 4.03. The van der Waals surface area contributed by atoms with Crippen molar-refractivity contribution in [2.24, 2.45) is 5.73 Å². The number of nitrogens with two attached hydrogens (primary N) is 1. The van der Waals surface area contributed by atoms with Crippen molar-refractivity contribution in [1.29, 1.82) is 0 Å². The Morgan fingerprint density at radius 3 is 2.56 bits per heavy atom. The Morgan fingerprint density at radius 1 is 1.56 bits per heavy atom. The minimum atomic E-state index is -3.65. The summed E-state index contributed by atoms with van der Waals surface area (Å²) in [5.74, 6) is -0.332. The Bertz CT molecular complexity index is 389. The Morgan fingerprint density at radius 2 is 2.12 bits per heavy atom. The fourth-order valence-electron chi connectivity index (χ4n) is 0.950. The number of amides is 1. The van der Waals surface area contributed by atoms with Crippen LogP contribution in [0.15, 0.2) is 0 Å². The van der Waals surface area contributed by atoms with Gasteiger partial charge in [0.1, 0.15) is 5.25 Å². The molecule has 1 aliphatic carbocycles. The second kappa shape index (κ2) is 5.07. The summed E-state index contributed by atoms with van der Waals surface area (Å²) in [5, 5.41) is 1.69. The third-order valence-corrected chi connectivity index (χ3v) is 4.48. The highest BCUT2D eigenvalue weighted by Crippen LogP contribution is 2.18. The van der Waals surface area contributed by atoms with Crippen molar-refractivity contribution in [3.05, 3.63) is 0 Å². The molecule has 0 aromatic heterocycles. The molecular formula is C8H15N3O3S2. The summed E-state index contributed by atoms with van der Waals surface area (Å²) in [6, 6.07) is 0.213. The maximum Gasteiger partial charge on any atom is 0.235 e. The van der Waals surface area contributed by atoms with Crippen molar-refractivity contribution in [3.63, 3.8) is 0 Å². The molecule has 1 atom stereocenters. The Kier molecular flexibility index (Phi) is 4.22. The maximum absolute atomic E-state index is 11.5. The van der Waals surface area contributed by atoms with E-state index in [1.807, 2.05) is 0 Å². The number of rotatable bonds is 6. The molecule has 0 aromatic rings. The van der Waals surface area contributed by atoms with Gasteiger partial charge in [-0.15, -0.1) is 0 Å². The van der Waals surface area contributed by atoms with Gasteiger partial charge in [0, 0.05) is 6.04 Å². The van der Waals surface area contributed by atoms with E-state index in [1.165, 1.54) is 6.92 Å². The van der Waals surface area contributed by atoms with Crippen LogP contribution in [0.5, 0.6) is 0 Å². The minimum Gasteiger partial charge on any atom is -0.392 e. The van der Waals surface area contributed by atoms with E-state index in [1.54, 1.807) is 0 Å². The lowest BCUT2D eigenvalue weighted by atomic mass is 10.5. The van der Waals surface area contributed by atoms with Gasteiger partial charge in [0.15, 0.2) is 0 Å². The van der Waals surface area contributed by atoms with Crippen LogP contribution in [0, 0.1) is 0 Å². The molecule has 4 N–H and O–H groups in total. The molecule has 1 fully saturated rings. The Balaban J connectivity index is 2.40. The normalized spacial score (nSPS) is 17.8. The molecule has 0 heterocycles. The number of thiocarbonyl (C=S) groups is 1. The van der Waals surface area contributed by atoms with E-state index >= 15 is 0 Å². The van der Waals surface area contributed by atoms with Crippen molar-refractivity contribution < 1.29 is 13.2 Å². The van der Waals surface area contributed by atoms with Gasteiger partial charge in [-0.2, -0.15) is 0 Å². The van der Waals surface area contributed by atoms with Gasteiger partial charge in [-0.25, -0.2) is 13.1 Å². The summed E-state index contributed by atoms with van der Waals surface area (Å²) in [4.78, 5) is 11.1. The van der Waals surface area contributed by atoms with E-state index in [9.17, 15) is 13.2 Å². The average Bonchev–Trinajstić information content (AvgIpc) is 2.97. The van der Waals surface area contributed by atoms with E-state index < -0.39 is 15.3 Å². The SMILES string of the molecule is CC(C(N)=S)S(=O)(=O)NCC(=O)NC1CC1. The lowest BCUT2D eigenvalue weighted by Gasteiger charge is -2.12.